The number of amides is 1. The molecule has 11 nitrogen and oxygen atoms in total. The van der Waals surface area contributed by atoms with Crippen LogP contribution < -0.4 is 30.9 Å². The minimum atomic E-state index is -0.785. The van der Waals surface area contributed by atoms with Crippen molar-refractivity contribution >= 4 is 29.4 Å². The summed E-state index contributed by atoms with van der Waals surface area (Å²) in [6.45, 7) is 2.29. The molecule has 1 heterocycles. The van der Waals surface area contributed by atoms with Crippen molar-refractivity contribution in [3.63, 3.8) is 0 Å². The highest BCUT2D eigenvalue weighted by Crippen LogP contribution is 2.30. The van der Waals surface area contributed by atoms with Crippen molar-refractivity contribution < 1.29 is 28.2 Å². The number of halogens is 1. The third-order valence-electron chi connectivity index (χ3n) is 4.89. The molecule has 0 fully saturated rings. The fraction of sp³-hybridized carbons (Fsp3) is 0.208. The smallest absolute Gasteiger partial charge is 0.337 e. The summed E-state index contributed by atoms with van der Waals surface area (Å²) in [5.41, 5.74) is -1.50. The van der Waals surface area contributed by atoms with Gasteiger partial charge in [-0.3, -0.25) is 23.7 Å². The van der Waals surface area contributed by atoms with E-state index in [-0.39, 0.29) is 34.3 Å². The van der Waals surface area contributed by atoms with E-state index in [0.717, 1.165) is 35.1 Å². The zero-order valence-electron chi connectivity index (χ0n) is 20.1. The molecule has 3 rings (SSSR count). The minimum Gasteiger partial charge on any atom is -0.423 e. The summed E-state index contributed by atoms with van der Waals surface area (Å²) < 4.78 is 25.5. The van der Waals surface area contributed by atoms with Gasteiger partial charge >= 0.3 is 17.6 Å². The van der Waals surface area contributed by atoms with E-state index in [1.54, 1.807) is 14.1 Å². The maximum Gasteiger partial charge on any atom is 0.337 e. The Morgan fingerprint density at radius 3 is 2.06 bits per heavy atom. The Morgan fingerprint density at radius 2 is 1.50 bits per heavy atom. The van der Waals surface area contributed by atoms with Crippen molar-refractivity contribution in [1.29, 1.82) is 0 Å². The molecule has 1 N–H and O–H groups in total. The highest BCUT2D eigenvalue weighted by Gasteiger charge is 2.23. The van der Waals surface area contributed by atoms with Gasteiger partial charge in [0, 0.05) is 40.6 Å². The second kappa shape index (κ2) is 10.3. The number of aromatic nitrogens is 2. The van der Waals surface area contributed by atoms with Crippen LogP contribution in [0.1, 0.15) is 24.2 Å². The van der Waals surface area contributed by atoms with E-state index in [2.05, 4.69) is 5.32 Å². The van der Waals surface area contributed by atoms with Crippen LogP contribution >= 0.6 is 0 Å². The number of esters is 2. The highest BCUT2D eigenvalue weighted by molar-refractivity contribution is 6.06. The standard InChI is InChI=1S/C24H23FN4O7/c1-13(30)35-18-11-6-15(12-19(18)36-14(2)31)21(32)26-20-22(27(3)4)29(24(34)28(5)23(20)33)17-9-7-16(25)8-10-17/h6-12H,1-5H3,(H,26,32). The first kappa shape index (κ1) is 25.9. The Labute approximate surface area is 204 Å². The molecule has 0 bridgehead atoms. The molecule has 0 aliphatic carbocycles. The van der Waals surface area contributed by atoms with Gasteiger partial charge in [-0.15, -0.1) is 0 Å². The van der Waals surface area contributed by atoms with Crippen LogP contribution in [0, 0.1) is 5.82 Å². The largest absolute Gasteiger partial charge is 0.423 e. The van der Waals surface area contributed by atoms with Gasteiger partial charge in [-0.25, -0.2) is 13.8 Å². The van der Waals surface area contributed by atoms with Gasteiger partial charge in [0.1, 0.15) is 17.3 Å². The van der Waals surface area contributed by atoms with E-state index in [1.807, 2.05) is 0 Å². The summed E-state index contributed by atoms with van der Waals surface area (Å²) in [6, 6.07) is 8.77. The zero-order chi connectivity index (χ0) is 26.7. The summed E-state index contributed by atoms with van der Waals surface area (Å²) in [5, 5.41) is 2.51. The van der Waals surface area contributed by atoms with Gasteiger partial charge in [-0.2, -0.15) is 0 Å². The fourth-order valence-corrected chi connectivity index (χ4v) is 3.37. The number of nitrogens with one attached hydrogen (secondary N) is 1. The molecule has 0 aliphatic heterocycles. The molecule has 0 radical (unpaired) electrons. The van der Waals surface area contributed by atoms with Crippen LogP contribution in [0.25, 0.3) is 5.69 Å². The molecule has 0 atom stereocenters. The Balaban J connectivity index is 2.15. The topological polar surface area (TPSA) is 129 Å². The molecular formula is C24H23FN4O7. The van der Waals surface area contributed by atoms with Crippen molar-refractivity contribution in [2.75, 3.05) is 24.3 Å². The van der Waals surface area contributed by atoms with Crippen LogP contribution in [0.3, 0.4) is 0 Å². The maximum atomic E-state index is 13.5. The van der Waals surface area contributed by atoms with Gasteiger partial charge in [-0.1, -0.05) is 0 Å². The second-order valence-electron chi connectivity index (χ2n) is 7.85. The molecule has 2 aromatic carbocycles. The molecule has 36 heavy (non-hydrogen) atoms. The van der Waals surface area contributed by atoms with Crippen LogP contribution in [-0.4, -0.2) is 41.1 Å². The molecule has 0 aliphatic rings. The maximum absolute atomic E-state index is 13.5. The molecule has 1 amide bonds. The molecule has 12 heteroatoms. The highest BCUT2D eigenvalue weighted by atomic mass is 19.1. The third kappa shape index (κ3) is 5.32. The molecule has 3 aromatic rings. The molecule has 0 saturated heterocycles. The predicted molar refractivity (Wildman–Crippen MR) is 129 cm³/mol. The molecular weight excluding hydrogens is 475 g/mol. The van der Waals surface area contributed by atoms with E-state index in [9.17, 15) is 28.4 Å². The number of nitrogens with zero attached hydrogens (tertiary/aromatic N) is 3. The average Bonchev–Trinajstić information content (AvgIpc) is 2.80. The van der Waals surface area contributed by atoms with Gasteiger partial charge in [0.15, 0.2) is 11.5 Å². The van der Waals surface area contributed by atoms with Crippen LogP contribution in [0.15, 0.2) is 52.1 Å². The third-order valence-corrected chi connectivity index (χ3v) is 4.89. The lowest BCUT2D eigenvalue weighted by Crippen LogP contribution is -2.42. The van der Waals surface area contributed by atoms with Gasteiger partial charge in [0.25, 0.3) is 11.5 Å². The first-order valence-corrected chi connectivity index (χ1v) is 10.5. The number of carbonyl (C=O) groups excluding carboxylic acids is 3. The minimum absolute atomic E-state index is 0.0338. The normalized spacial score (nSPS) is 10.5. The Morgan fingerprint density at radius 1 is 0.917 bits per heavy atom. The van der Waals surface area contributed by atoms with E-state index in [4.69, 9.17) is 9.47 Å². The number of hydrogen-bond acceptors (Lipinski definition) is 8. The lowest BCUT2D eigenvalue weighted by atomic mass is 10.2. The van der Waals surface area contributed by atoms with E-state index < -0.39 is 34.9 Å². The van der Waals surface area contributed by atoms with Gasteiger partial charge in [0.05, 0.1) is 5.69 Å². The monoisotopic (exact) mass is 498 g/mol. The van der Waals surface area contributed by atoms with Crippen LogP contribution in [0.4, 0.5) is 15.9 Å². The summed E-state index contributed by atoms with van der Waals surface area (Å²) in [7, 11) is 4.37. The zero-order valence-corrected chi connectivity index (χ0v) is 20.1. The van der Waals surface area contributed by atoms with E-state index in [1.165, 1.54) is 42.3 Å². The van der Waals surface area contributed by atoms with Crippen molar-refractivity contribution in [3.05, 3.63) is 74.7 Å². The second-order valence-corrected chi connectivity index (χ2v) is 7.85. The first-order chi connectivity index (χ1) is 16.9. The number of rotatable bonds is 6. The van der Waals surface area contributed by atoms with Gasteiger partial charge < -0.3 is 19.7 Å². The number of carbonyl (C=O) groups is 3. The van der Waals surface area contributed by atoms with E-state index in [0.29, 0.717) is 0 Å². The molecule has 1 aromatic heterocycles. The lowest BCUT2D eigenvalue weighted by Gasteiger charge is -2.23. The Hall–Kier alpha value is -4.74. The fourth-order valence-electron chi connectivity index (χ4n) is 3.37. The van der Waals surface area contributed by atoms with Gasteiger partial charge in [-0.05, 0) is 42.5 Å². The summed E-state index contributed by atoms with van der Waals surface area (Å²) in [6.07, 6.45) is 0. The summed E-state index contributed by atoms with van der Waals surface area (Å²) >= 11 is 0. The van der Waals surface area contributed by atoms with Crippen molar-refractivity contribution in [3.8, 4) is 17.2 Å². The SMILES string of the molecule is CC(=O)Oc1ccc(C(=O)Nc2c(N(C)C)n(-c3ccc(F)cc3)c(=O)n(C)c2=O)cc1OC(C)=O. The predicted octanol–water partition coefficient (Wildman–Crippen LogP) is 1.84. The van der Waals surface area contributed by atoms with E-state index >= 15 is 0 Å². The van der Waals surface area contributed by atoms with Crippen LogP contribution in [0.5, 0.6) is 11.5 Å². The first-order valence-electron chi connectivity index (χ1n) is 10.5. The number of hydrogen-bond donors (Lipinski definition) is 1. The molecule has 188 valence electrons. The Bertz CT molecular complexity index is 1470. The van der Waals surface area contributed by atoms with Crippen LogP contribution in [-0.2, 0) is 16.6 Å². The number of ether oxygens (including phenoxy) is 2. The molecule has 0 saturated carbocycles. The van der Waals surface area contributed by atoms with Crippen LogP contribution in [0.2, 0.25) is 0 Å². The number of anilines is 2. The summed E-state index contributed by atoms with van der Waals surface area (Å²) in [4.78, 5) is 63.4. The summed E-state index contributed by atoms with van der Waals surface area (Å²) in [5.74, 6) is -2.88. The molecule has 0 unspecified atom stereocenters. The average molecular weight is 498 g/mol. The lowest BCUT2D eigenvalue weighted by molar-refractivity contribution is -0.134. The number of benzene rings is 2. The molecule has 0 spiro atoms. The Kier molecular flexibility index (Phi) is 7.37. The van der Waals surface area contributed by atoms with Crippen molar-refractivity contribution in [1.82, 2.24) is 9.13 Å². The van der Waals surface area contributed by atoms with Crippen molar-refractivity contribution in [2.45, 2.75) is 13.8 Å². The van der Waals surface area contributed by atoms with Crippen molar-refractivity contribution in [2.24, 2.45) is 7.05 Å². The quantitative estimate of drug-likeness (QED) is 0.403. The van der Waals surface area contributed by atoms with Gasteiger partial charge in [0.2, 0.25) is 0 Å².